The highest BCUT2D eigenvalue weighted by Gasteiger charge is 1.97. The van der Waals surface area contributed by atoms with Crippen molar-refractivity contribution in [3.05, 3.63) is 34.5 Å². The number of hydrogen-bond donors (Lipinski definition) is 0. The van der Waals surface area contributed by atoms with Crippen molar-refractivity contribution in [2.24, 2.45) is 11.0 Å². The molecule has 5 heteroatoms. The molecule has 5 nitrogen and oxygen atoms in total. The maximum atomic E-state index is 8.09. The molecule has 1 rings (SSSR count). The average Bonchev–Trinajstić information content (AvgIpc) is 2.64. The van der Waals surface area contributed by atoms with Crippen molar-refractivity contribution >= 4 is 6.08 Å². The smallest absolute Gasteiger partial charge is 0.0562 e. The molecule has 0 fully saturated rings. The fraction of sp³-hybridized carbons (Fsp3) is 0.545. The summed E-state index contributed by atoms with van der Waals surface area (Å²) in [7, 11) is 0. The molecule has 0 atom stereocenters. The molecule has 16 heavy (non-hydrogen) atoms. The van der Waals surface area contributed by atoms with Crippen molar-refractivity contribution in [2.45, 2.75) is 26.8 Å². The van der Waals surface area contributed by atoms with Crippen molar-refractivity contribution in [2.75, 3.05) is 6.54 Å². The summed E-state index contributed by atoms with van der Waals surface area (Å²) in [4.78, 5) is 2.69. The van der Waals surface area contributed by atoms with Gasteiger partial charge in [-0.1, -0.05) is 31.1 Å². The lowest BCUT2D eigenvalue weighted by atomic mass is 10.2. The summed E-state index contributed by atoms with van der Waals surface area (Å²) in [5, 5.41) is 7.71. The van der Waals surface area contributed by atoms with Crippen molar-refractivity contribution in [1.29, 1.82) is 0 Å². The highest BCUT2D eigenvalue weighted by Crippen LogP contribution is 2.04. The number of rotatable bonds is 6. The second-order valence-electron chi connectivity index (χ2n) is 4.04. The van der Waals surface area contributed by atoms with Crippen LogP contribution in [0, 0.1) is 5.92 Å². The Balaban J connectivity index is 2.42. The van der Waals surface area contributed by atoms with Gasteiger partial charge in [-0.25, -0.2) is 0 Å². The predicted molar refractivity (Wildman–Crippen MR) is 64.7 cm³/mol. The third kappa shape index (κ3) is 4.66. The maximum absolute atomic E-state index is 8.09. The van der Waals surface area contributed by atoms with E-state index in [1.54, 1.807) is 0 Å². The topological polar surface area (TPSA) is 66.6 Å². The Bertz CT molecular complexity index is 385. The number of nitrogens with zero attached hydrogens (tertiary/aromatic N) is 5. The van der Waals surface area contributed by atoms with Crippen LogP contribution in [0.15, 0.2) is 23.6 Å². The predicted octanol–water partition coefficient (Wildman–Crippen LogP) is 3.25. The van der Waals surface area contributed by atoms with E-state index in [1.807, 2.05) is 29.2 Å². The quantitative estimate of drug-likeness (QED) is 0.313. The van der Waals surface area contributed by atoms with Gasteiger partial charge in [0.2, 0.25) is 0 Å². The van der Waals surface area contributed by atoms with E-state index in [0.717, 1.165) is 18.5 Å². The first kappa shape index (κ1) is 12.3. The molecule has 0 saturated heterocycles. The third-order valence-electron chi connectivity index (χ3n) is 1.97. The lowest BCUT2D eigenvalue weighted by molar-refractivity contribution is 0.483. The summed E-state index contributed by atoms with van der Waals surface area (Å²) >= 11 is 0. The first-order chi connectivity index (χ1) is 7.72. The molecule has 0 saturated carbocycles. The first-order valence-electron chi connectivity index (χ1n) is 5.42. The van der Waals surface area contributed by atoms with Gasteiger partial charge < -0.3 is 0 Å². The fourth-order valence-corrected chi connectivity index (χ4v) is 1.34. The second-order valence-corrected chi connectivity index (χ2v) is 4.04. The molecule has 1 aromatic heterocycles. The molecule has 0 aliphatic rings. The van der Waals surface area contributed by atoms with Crippen LogP contribution in [0.1, 0.15) is 25.8 Å². The first-order valence-corrected chi connectivity index (χ1v) is 5.42. The van der Waals surface area contributed by atoms with Gasteiger partial charge in [0, 0.05) is 29.8 Å². The standard InChI is InChI=1S/C11H17N5/c1-10(2)8-16-9-11(7-14-16)5-3-4-6-13-15-12/h3,5,7,9-10H,4,6,8H2,1-2H3. The molecule has 0 aliphatic carbocycles. The van der Waals surface area contributed by atoms with Gasteiger partial charge in [0.15, 0.2) is 0 Å². The molecule has 0 amide bonds. The second kappa shape index (κ2) is 6.69. The van der Waals surface area contributed by atoms with Crippen LogP contribution in [0.4, 0.5) is 0 Å². The van der Waals surface area contributed by atoms with Crippen LogP contribution >= 0.6 is 0 Å². The summed E-state index contributed by atoms with van der Waals surface area (Å²) < 4.78 is 1.94. The van der Waals surface area contributed by atoms with Gasteiger partial charge in [0.05, 0.1) is 6.20 Å². The van der Waals surface area contributed by atoms with Crippen LogP contribution in [0.5, 0.6) is 0 Å². The Labute approximate surface area is 95.4 Å². The lowest BCUT2D eigenvalue weighted by Crippen LogP contribution is -2.03. The monoisotopic (exact) mass is 219 g/mol. The molecule has 86 valence electrons. The Morgan fingerprint density at radius 3 is 3.12 bits per heavy atom. The summed E-state index contributed by atoms with van der Waals surface area (Å²) in [6.07, 6.45) is 8.61. The summed E-state index contributed by atoms with van der Waals surface area (Å²) in [6.45, 7) is 5.77. The minimum absolute atomic E-state index is 0.507. The van der Waals surface area contributed by atoms with Crippen LogP contribution in [-0.4, -0.2) is 16.3 Å². The molecule has 0 unspecified atom stereocenters. The van der Waals surface area contributed by atoms with Crippen LogP contribution in [0.25, 0.3) is 16.5 Å². The van der Waals surface area contributed by atoms with E-state index in [0.29, 0.717) is 12.5 Å². The fourth-order valence-electron chi connectivity index (χ4n) is 1.34. The van der Waals surface area contributed by atoms with Gasteiger partial charge in [0.25, 0.3) is 0 Å². The molecule has 0 aromatic carbocycles. The molecule has 0 spiro atoms. The molecule has 0 bridgehead atoms. The van der Waals surface area contributed by atoms with Crippen LogP contribution in [-0.2, 0) is 6.54 Å². The normalized spacial score (nSPS) is 10.9. The molecular formula is C11H17N5. The molecular weight excluding hydrogens is 202 g/mol. The van der Waals surface area contributed by atoms with Crippen molar-refractivity contribution in [3.63, 3.8) is 0 Å². The van der Waals surface area contributed by atoms with Gasteiger partial charge in [-0.3, -0.25) is 4.68 Å². The largest absolute Gasteiger partial charge is 0.272 e. The number of aromatic nitrogens is 2. The average molecular weight is 219 g/mol. The third-order valence-corrected chi connectivity index (χ3v) is 1.97. The number of hydrogen-bond acceptors (Lipinski definition) is 2. The Morgan fingerprint density at radius 2 is 2.44 bits per heavy atom. The van der Waals surface area contributed by atoms with Crippen molar-refractivity contribution in [1.82, 2.24) is 9.78 Å². The van der Waals surface area contributed by atoms with Crippen LogP contribution in [0.3, 0.4) is 0 Å². The molecule has 0 aliphatic heterocycles. The highest BCUT2D eigenvalue weighted by molar-refractivity contribution is 5.46. The SMILES string of the molecule is CC(C)Cn1cc(C=CCCN=[N+]=[N-])cn1. The van der Waals surface area contributed by atoms with E-state index < -0.39 is 0 Å². The molecule has 0 N–H and O–H groups in total. The zero-order valence-corrected chi connectivity index (χ0v) is 9.74. The van der Waals surface area contributed by atoms with E-state index in [1.165, 1.54) is 0 Å². The van der Waals surface area contributed by atoms with Gasteiger partial charge in [-0.2, -0.15) is 5.10 Å². The van der Waals surface area contributed by atoms with Crippen LogP contribution in [0.2, 0.25) is 0 Å². The van der Waals surface area contributed by atoms with E-state index >= 15 is 0 Å². The minimum atomic E-state index is 0.507. The minimum Gasteiger partial charge on any atom is -0.272 e. The zero-order chi connectivity index (χ0) is 11.8. The highest BCUT2D eigenvalue weighted by atomic mass is 15.3. The van der Waals surface area contributed by atoms with Crippen molar-refractivity contribution in [3.8, 4) is 0 Å². The number of azide groups is 1. The summed E-state index contributed by atoms with van der Waals surface area (Å²) in [6, 6.07) is 0. The van der Waals surface area contributed by atoms with E-state index in [2.05, 4.69) is 29.0 Å². The molecule has 1 heterocycles. The van der Waals surface area contributed by atoms with Gasteiger partial charge in [0.1, 0.15) is 0 Å². The van der Waals surface area contributed by atoms with Crippen LogP contribution < -0.4 is 0 Å². The lowest BCUT2D eigenvalue weighted by Gasteiger charge is -2.02. The van der Waals surface area contributed by atoms with Gasteiger partial charge in [-0.05, 0) is 17.9 Å². The molecule has 1 aromatic rings. The van der Waals surface area contributed by atoms with E-state index in [4.69, 9.17) is 5.53 Å². The Kier molecular flexibility index (Phi) is 5.16. The molecule has 0 radical (unpaired) electrons. The van der Waals surface area contributed by atoms with E-state index in [-0.39, 0.29) is 0 Å². The van der Waals surface area contributed by atoms with E-state index in [9.17, 15) is 0 Å². The summed E-state index contributed by atoms with van der Waals surface area (Å²) in [5.41, 5.74) is 9.18. The Morgan fingerprint density at radius 1 is 1.62 bits per heavy atom. The summed E-state index contributed by atoms with van der Waals surface area (Å²) in [5.74, 6) is 0.599. The van der Waals surface area contributed by atoms with Gasteiger partial charge in [-0.15, -0.1) is 0 Å². The Hall–Kier alpha value is -1.74. The zero-order valence-electron chi connectivity index (χ0n) is 9.74. The van der Waals surface area contributed by atoms with Crippen molar-refractivity contribution < 1.29 is 0 Å². The maximum Gasteiger partial charge on any atom is 0.0562 e. The van der Waals surface area contributed by atoms with Gasteiger partial charge >= 0.3 is 0 Å².